The Morgan fingerprint density at radius 1 is 1.48 bits per heavy atom. The Labute approximate surface area is 134 Å². The minimum Gasteiger partial charge on any atom is -0.341 e. The summed E-state index contributed by atoms with van der Waals surface area (Å²) in [5.74, 6) is 0.770. The Hall–Kier alpha value is -0.570. The minimum atomic E-state index is -3.31. The lowest BCUT2D eigenvalue weighted by Crippen LogP contribution is -2.41. The molecule has 0 saturated carbocycles. The van der Waals surface area contributed by atoms with Crippen LogP contribution in [0.2, 0.25) is 0 Å². The van der Waals surface area contributed by atoms with Gasteiger partial charge in [-0.05, 0) is 17.9 Å². The van der Waals surface area contributed by atoms with E-state index in [1.54, 1.807) is 16.2 Å². The third-order valence-corrected chi connectivity index (χ3v) is 7.19. The first kappa shape index (κ1) is 16.8. The van der Waals surface area contributed by atoms with Gasteiger partial charge < -0.3 is 4.90 Å². The molecule has 5 nitrogen and oxygen atoms in total. The van der Waals surface area contributed by atoms with E-state index in [1.807, 2.05) is 11.8 Å². The number of carbonyl (C=O) groups excluding carboxylic acids is 1. The summed E-state index contributed by atoms with van der Waals surface area (Å²) in [6.45, 7) is 1.29. The number of nitrogens with zero attached hydrogens (tertiary/aromatic N) is 2. The van der Waals surface area contributed by atoms with Crippen molar-refractivity contribution in [3.63, 3.8) is 0 Å². The van der Waals surface area contributed by atoms with E-state index in [-0.39, 0.29) is 12.5 Å². The highest BCUT2D eigenvalue weighted by Crippen LogP contribution is 2.36. The maximum absolute atomic E-state index is 12.2. The zero-order valence-electron chi connectivity index (χ0n) is 12.2. The molecule has 1 amide bonds. The predicted molar refractivity (Wildman–Crippen MR) is 88.2 cm³/mol. The summed E-state index contributed by atoms with van der Waals surface area (Å²) < 4.78 is 23.9. The number of thiophene rings is 1. The van der Waals surface area contributed by atoms with Crippen molar-refractivity contribution in [2.75, 3.05) is 38.7 Å². The van der Waals surface area contributed by atoms with E-state index in [1.165, 1.54) is 11.9 Å². The van der Waals surface area contributed by atoms with Gasteiger partial charge in [0.15, 0.2) is 0 Å². The molecule has 1 aromatic rings. The van der Waals surface area contributed by atoms with Gasteiger partial charge in [-0.1, -0.05) is 6.07 Å². The van der Waals surface area contributed by atoms with Crippen LogP contribution in [-0.4, -0.2) is 62.2 Å². The number of rotatable bonds is 4. The number of likely N-dealkylation sites (N-methyl/N-ethyl adjacent to an activating group) is 1. The van der Waals surface area contributed by atoms with Gasteiger partial charge in [0, 0.05) is 36.0 Å². The molecule has 0 spiro atoms. The van der Waals surface area contributed by atoms with E-state index >= 15 is 0 Å². The van der Waals surface area contributed by atoms with E-state index in [0.29, 0.717) is 18.3 Å². The maximum atomic E-state index is 12.2. The van der Waals surface area contributed by atoms with Gasteiger partial charge in [-0.25, -0.2) is 8.42 Å². The van der Waals surface area contributed by atoms with Gasteiger partial charge in [-0.2, -0.15) is 16.1 Å². The molecule has 1 aromatic heterocycles. The standard InChI is InChI=1S/C13H20N2O3S3/c1-14(21(2,17)18)10-13(16)15-6-5-12(20-9-7-15)11-4-3-8-19-11/h3-4,8,12H,5-7,9-10H2,1-2H3. The molecule has 0 radical (unpaired) electrons. The van der Waals surface area contributed by atoms with E-state index in [0.717, 1.165) is 22.7 Å². The fourth-order valence-corrected chi connectivity index (χ4v) is 4.71. The van der Waals surface area contributed by atoms with Gasteiger partial charge in [0.2, 0.25) is 15.9 Å². The van der Waals surface area contributed by atoms with Crippen molar-refractivity contribution in [2.24, 2.45) is 0 Å². The monoisotopic (exact) mass is 348 g/mol. The molecular weight excluding hydrogens is 328 g/mol. The summed E-state index contributed by atoms with van der Waals surface area (Å²) in [7, 11) is -1.87. The van der Waals surface area contributed by atoms with Crippen molar-refractivity contribution in [1.82, 2.24) is 9.21 Å². The molecule has 1 unspecified atom stereocenters. The maximum Gasteiger partial charge on any atom is 0.237 e. The fraction of sp³-hybridized carbons (Fsp3) is 0.615. The number of thioether (sulfide) groups is 1. The van der Waals surface area contributed by atoms with Gasteiger partial charge in [-0.3, -0.25) is 4.79 Å². The van der Waals surface area contributed by atoms with Gasteiger partial charge >= 0.3 is 0 Å². The van der Waals surface area contributed by atoms with Crippen LogP contribution in [0.3, 0.4) is 0 Å². The summed E-state index contributed by atoms with van der Waals surface area (Å²) in [4.78, 5) is 15.3. The second kappa shape index (κ2) is 7.13. The zero-order valence-corrected chi connectivity index (χ0v) is 14.6. The first-order chi connectivity index (χ1) is 9.88. The van der Waals surface area contributed by atoms with Crippen LogP contribution < -0.4 is 0 Å². The van der Waals surface area contributed by atoms with E-state index < -0.39 is 10.0 Å². The van der Waals surface area contributed by atoms with Crippen LogP contribution in [0.1, 0.15) is 16.5 Å². The first-order valence-electron chi connectivity index (χ1n) is 6.72. The molecule has 118 valence electrons. The molecule has 0 bridgehead atoms. The van der Waals surface area contributed by atoms with Crippen molar-refractivity contribution >= 4 is 39.0 Å². The van der Waals surface area contributed by atoms with Crippen LogP contribution in [0.4, 0.5) is 0 Å². The second-order valence-electron chi connectivity index (χ2n) is 5.06. The van der Waals surface area contributed by atoms with Crippen LogP contribution in [0.25, 0.3) is 0 Å². The number of carbonyl (C=O) groups is 1. The van der Waals surface area contributed by atoms with Crippen molar-refractivity contribution in [1.29, 1.82) is 0 Å². The summed E-state index contributed by atoms with van der Waals surface area (Å²) in [5, 5.41) is 2.51. The topological polar surface area (TPSA) is 57.7 Å². The Morgan fingerprint density at radius 3 is 2.86 bits per heavy atom. The Bertz CT molecular complexity index is 571. The molecule has 0 N–H and O–H groups in total. The molecular formula is C13H20N2O3S3. The quantitative estimate of drug-likeness (QED) is 0.830. The van der Waals surface area contributed by atoms with Crippen molar-refractivity contribution < 1.29 is 13.2 Å². The molecule has 1 aliphatic heterocycles. The molecule has 1 aliphatic rings. The number of sulfonamides is 1. The molecule has 0 aromatic carbocycles. The van der Waals surface area contributed by atoms with E-state index in [4.69, 9.17) is 0 Å². The largest absolute Gasteiger partial charge is 0.341 e. The van der Waals surface area contributed by atoms with Crippen LogP contribution in [0.15, 0.2) is 17.5 Å². The fourth-order valence-electron chi connectivity index (χ4n) is 2.13. The molecule has 0 aliphatic carbocycles. The third-order valence-electron chi connectivity index (χ3n) is 3.48. The number of hydrogen-bond acceptors (Lipinski definition) is 5. The van der Waals surface area contributed by atoms with E-state index in [9.17, 15) is 13.2 Å². The molecule has 1 saturated heterocycles. The van der Waals surface area contributed by atoms with Gasteiger partial charge in [0.05, 0.1) is 12.8 Å². The Kier molecular flexibility index (Phi) is 5.70. The molecule has 2 heterocycles. The SMILES string of the molecule is CN(CC(=O)N1CCSC(c2cccs2)CC1)S(C)(=O)=O. The smallest absolute Gasteiger partial charge is 0.237 e. The second-order valence-corrected chi connectivity index (χ2v) is 9.44. The van der Waals surface area contributed by atoms with Gasteiger partial charge in [-0.15, -0.1) is 11.3 Å². The van der Waals surface area contributed by atoms with Crippen LogP contribution >= 0.6 is 23.1 Å². The van der Waals surface area contributed by atoms with Crippen LogP contribution in [0.5, 0.6) is 0 Å². The summed E-state index contributed by atoms with van der Waals surface area (Å²) in [6, 6.07) is 4.19. The number of hydrogen-bond donors (Lipinski definition) is 0. The molecule has 1 atom stereocenters. The van der Waals surface area contributed by atoms with Crippen molar-refractivity contribution in [2.45, 2.75) is 11.7 Å². The summed E-state index contributed by atoms with van der Waals surface area (Å²) >= 11 is 3.62. The highest BCUT2D eigenvalue weighted by Gasteiger charge is 2.24. The zero-order chi connectivity index (χ0) is 15.5. The lowest BCUT2D eigenvalue weighted by molar-refractivity contribution is -0.130. The van der Waals surface area contributed by atoms with Crippen molar-refractivity contribution in [3.8, 4) is 0 Å². The lowest BCUT2D eigenvalue weighted by atomic mass is 10.2. The Balaban J connectivity index is 1.92. The minimum absolute atomic E-state index is 0.0762. The predicted octanol–water partition coefficient (Wildman–Crippen LogP) is 1.65. The number of amides is 1. The summed E-state index contributed by atoms with van der Waals surface area (Å²) in [6.07, 6.45) is 2.03. The van der Waals surface area contributed by atoms with Crippen molar-refractivity contribution in [3.05, 3.63) is 22.4 Å². The first-order valence-corrected chi connectivity index (χ1v) is 10.5. The highest BCUT2D eigenvalue weighted by atomic mass is 32.2. The molecule has 8 heteroatoms. The van der Waals surface area contributed by atoms with E-state index in [2.05, 4.69) is 17.5 Å². The Morgan fingerprint density at radius 2 is 2.24 bits per heavy atom. The lowest BCUT2D eigenvalue weighted by Gasteiger charge is -2.23. The van der Waals surface area contributed by atoms with Gasteiger partial charge in [0.25, 0.3) is 0 Å². The van der Waals surface area contributed by atoms with Gasteiger partial charge in [0.1, 0.15) is 0 Å². The highest BCUT2D eigenvalue weighted by molar-refractivity contribution is 7.99. The third kappa shape index (κ3) is 4.70. The van der Waals surface area contributed by atoms with Crippen LogP contribution in [-0.2, 0) is 14.8 Å². The summed E-state index contributed by atoms with van der Waals surface area (Å²) in [5.41, 5.74) is 0. The molecule has 2 rings (SSSR count). The van der Waals surface area contributed by atoms with Crippen LogP contribution in [0, 0.1) is 0 Å². The molecule has 21 heavy (non-hydrogen) atoms. The average Bonchev–Trinajstić information content (AvgIpc) is 2.82. The average molecular weight is 349 g/mol. The molecule has 1 fully saturated rings. The normalized spacial score (nSPS) is 20.5.